The van der Waals surface area contributed by atoms with Gasteiger partial charge < -0.3 is 5.32 Å². The highest BCUT2D eigenvalue weighted by Gasteiger charge is 1.99. The van der Waals surface area contributed by atoms with Crippen molar-refractivity contribution in [2.24, 2.45) is 0 Å². The summed E-state index contributed by atoms with van der Waals surface area (Å²) in [7, 11) is -0.707. The van der Waals surface area contributed by atoms with E-state index in [0.717, 1.165) is 17.6 Å². The van der Waals surface area contributed by atoms with Gasteiger partial charge in [0.25, 0.3) is 0 Å². The lowest BCUT2D eigenvalue weighted by molar-refractivity contribution is 0.676. The van der Waals surface area contributed by atoms with Gasteiger partial charge in [0.15, 0.2) is 0 Å². The molecular weight excluding hydrogens is 274 g/mol. The summed E-state index contributed by atoms with van der Waals surface area (Å²) in [4.78, 5) is 0. The molecule has 1 aromatic carbocycles. The highest BCUT2D eigenvalue weighted by atomic mass is 79.9. The second-order valence-corrected chi connectivity index (χ2v) is 5.96. The lowest BCUT2D eigenvalue weighted by atomic mass is 10.1. The predicted molar refractivity (Wildman–Crippen MR) is 69.5 cm³/mol. The lowest BCUT2D eigenvalue weighted by Crippen LogP contribution is -2.19. The summed E-state index contributed by atoms with van der Waals surface area (Å²) in [6.07, 6.45) is 1.73. The lowest BCUT2D eigenvalue weighted by Gasteiger charge is -2.06. The molecule has 84 valence electrons. The monoisotopic (exact) mass is 289 g/mol. The zero-order valence-corrected chi connectivity index (χ0v) is 11.5. The number of hydrogen-bond acceptors (Lipinski definition) is 2. The summed E-state index contributed by atoms with van der Waals surface area (Å²) in [6.45, 7) is 3.68. The Balaban J connectivity index is 2.40. The summed E-state index contributed by atoms with van der Waals surface area (Å²) in [6, 6.07) is 6.31. The molecule has 0 saturated heterocycles. The molecule has 2 nitrogen and oxygen atoms in total. The topological polar surface area (TPSA) is 29.1 Å². The molecule has 1 unspecified atom stereocenters. The molecule has 0 aliphatic rings. The number of rotatable bonds is 5. The second kappa shape index (κ2) is 6.40. The van der Waals surface area contributed by atoms with Gasteiger partial charge in [-0.25, -0.2) is 0 Å². The number of nitrogens with one attached hydrogen (secondary N) is 1. The maximum atomic E-state index is 10.8. The fraction of sp³-hybridized carbons (Fsp3) is 0.455. The van der Waals surface area contributed by atoms with Gasteiger partial charge in [-0.15, -0.1) is 0 Å². The second-order valence-electron chi connectivity index (χ2n) is 3.55. The molecule has 15 heavy (non-hydrogen) atoms. The van der Waals surface area contributed by atoms with Crippen molar-refractivity contribution in [2.45, 2.75) is 13.5 Å². The van der Waals surface area contributed by atoms with Gasteiger partial charge in [0.2, 0.25) is 0 Å². The average molecular weight is 290 g/mol. The van der Waals surface area contributed by atoms with Crippen LogP contribution in [0.2, 0.25) is 0 Å². The molecular formula is C11H16BrNOS. The summed E-state index contributed by atoms with van der Waals surface area (Å²) < 4.78 is 12.0. The van der Waals surface area contributed by atoms with Crippen molar-refractivity contribution < 1.29 is 4.21 Å². The van der Waals surface area contributed by atoms with E-state index in [-0.39, 0.29) is 0 Å². The molecule has 0 aliphatic heterocycles. The molecule has 1 rings (SSSR count). The standard InChI is InChI=1S/C11H16BrNOS/c1-9-3-4-10(11(12)7-9)8-13-5-6-15(2)14/h3-4,7,13H,5-6,8H2,1-2H3. The summed E-state index contributed by atoms with van der Waals surface area (Å²) in [5.74, 6) is 0.712. The van der Waals surface area contributed by atoms with Gasteiger partial charge >= 0.3 is 0 Å². The van der Waals surface area contributed by atoms with E-state index in [2.05, 4.69) is 46.4 Å². The Kier molecular flexibility index (Phi) is 5.50. The van der Waals surface area contributed by atoms with Gasteiger partial charge in [0.1, 0.15) is 0 Å². The molecule has 4 heteroatoms. The number of aryl methyl sites for hydroxylation is 1. The SMILES string of the molecule is Cc1ccc(CNCCS(C)=O)c(Br)c1. The number of benzene rings is 1. The van der Waals surface area contributed by atoms with E-state index >= 15 is 0 Å². The van der Waals surface area contributed by atoms with E-state index in [1.165, 1.54) is 11.1 Å². The molecule has 0 radical (unpaired) electrons. The van der Waals surface area contributed by atoms with Gasteiger partial charge in [-0.3, -0.25) is 4.21 Å². The minimum absolute atomic E-state index is 0.707. The third kappa shape index (κ3) is 4.91. The Morgan fingerprint density at radius 1 is 1.47 bits per heavy atom. The fourth-order valence-electron chi connectivity index (χ4n) is 1.23. The van der Waals surface area contributed by atoms with E-state index < -0.39 is 10.8 Å². The van der Waals surface area contributed by atoms with Crippen LogP contribution in [-0.2, 0) is 17.3 Å². The van der Waals surface area contributed by atoms with Crippen molar-refractivity contribution in [3.8, 4) is 0 Å². The zero-order chi connectivity index (χ0) is 11.3. The van der Waals surface area contributed by atoms with Crippen LogP contribution in [0.15, 0.2) is 22.7 Å². The Morgan fingerprint density at radius 2 is 2.20 bits per heavy atom. The Hall–Kier alpha value is -0.190. The summed E-state index contributed by atoms with van der Waals surface area (Å²) >= 11 is 3.53. The van der Waals surface area contributed by atoms with Crippen molar-refractivity contribution >= 4 is 26.7 Å². The van der Waals surface area contributed by atoms with Gasteiger partial charge in [-0.2, -0.15) is 0 Å². The number of halogens is 1. The first-order valence-electron chi connectivity index (χ1n) is 4.85. The summed E-state index contributed by atoms with van der Waals surface area (Å²) in [5.41, 5.74) is 2.49. The van der Waals surface area contributed by atoms with Gasteiger partial charge in [0, 0.05) is 40.4 Å². The fourth-order valence-corrected chi connectivity index (χ4v) is 2.30. The molecule has 0 bridgehead atoms. The van der Waals surface area contributed by atoms with Crippen LogP contribution in [0.5, 0.6) is 0 Å². The number of hydrogen-bond donors (Lipinski definition) is 1. The normalized spacial score (nSPS) is 12.7. The molecule has 0 heterocycles. The average Bonchev–Trinajstić information content (AvgIpc) is 2.14. The third-order valence-electron chi connectivity index (χ3n) is 2.09. The first kappa shape index (κ1) is 12.9. The van der Waals surface area contributed by atoms with Crippen molar-refractivity contribution in [3.05, 3.63) is 33.8 Å². The molecule has 1 N–H and O–H groups in total. The third-order valence-corrected chi connectivity index (χ3v) is 3.61. The zero-order valence-electron chi connectivity index (χ0n) is 9.05. The Morgan fingerprint density at radius 3 is 2.80 bits per heavy atom. The van der Waals surface area contributed by atoms with E-state index in [4.69, 9.17) is 0 Å². The van der Waals surface area contributed by atoms with Crippen LogP contribution in [0.4, 0.5) is 0 Å². The first-order valence-corrected chi connectivity index (χ1v) is 7.37. The molecule has 1 aromatic rings. The smallest absolute Gasteiger partial charge is 0.0357 e. The van der Waals surface area contributed by atoms with Crippen LogP contribution in [0.3, 0.4) is 0 Å². The van der Waals surface area contributed by atoms with Crippen molar-refractivity contribution in [1.29, 1.82) is 0 Å². The molecule has 0 aliphatic carbocycles. The summed E-state index contributed by atoms with van der Waals surface area (Å²) in [5, 5.41) is 3.27. The van der Waals surface area contributed by atoms with Gasteiger partial charge in [-0.05, 0) is 24.1 Å². The van der Waals surface area contributed by atoms with Crippen LogP contribution in [0.1, 0.15) is 11.1 Å². The van der Waals surface area contributed by atoms with Crippen molar-refractivity contribution in [2.75, 3.05) is 18.6 Å². The van der Waals surface area contributed by atoms with E-state index in [0.29, 0.717) is 5.75 Å². The molecule has 0 amide bonds. The van der Waals surface area contributed by atoms with E-state index in [1.54, 1.807) is 6.26 Å². The minimum atomic E-state index is -0.707. The van der Waals surface area contributed by atoms with Gasteiger partial charge in [0.05, 0.1) is 0 Å². The maximum absolute atomic E-state index is 10.8. The Bertz CT molecular complexity index is 354. The predicted octanol–water partition coefficient (Wildman–Crippen LogP) is 2.23. The van der Waals surface area contributed by atoms with Crippen LogP contribution >= 0.6 is 15.9 Å². The van der Waals surface area contributed by atoms with Crippen LogP contribution in [0.25, 0.3) is 0 Å². The van der Waals surface area contributed by atoms with E-state index in [1.807, 2.05) is 0 Å². The van der Waals surface area contributed by atoms with Crippen molar-refractivity contribution in [1.82, 2.24) is 5.32 Å². The van der Waals surface area contributed by atoms with Crippen LogP contribution in [-0.4, -0.2) is 22.8 Å². The minimum Gasteiger partial charge on any atom is -0.312 e. The maximum Gasteiger partial charge on any atom is 0.0357 e. The molecule has 0 fully saturated rings. The van der Waals surface area contributed by atoms with E-state index in [9.17, 15) is 4.21 Å². The largest absolute Gasteiger partial charge is 0.312 e. The molecule has 0 spiro atoms. The highest BCUT2D eigenvalue weighted by molar-refractivity contribution is 9.10. The van der Waals surface area contributed by atoms with Crippen LogP contribution in [0, 0.1) is 6.92 Å². The molecule has 1 atom stereocenters. The van der Waals surface area contributed by atoms with Gasteiger partial charge in [-0.1, -0.05) is 28.1 Å². The molecule has 0 saturated carbocycles. The molecule has 0 aromatic heterocycles. The highest BCUT2D eigenvalue weighted by Crippen LogP contribution is 2.17. The Labute approximate surface area is 102 Å². The van der Waals surface area contributed by atoms with Crippen LogP contribution < -0.4 is 5.32 Å². The quantitative estimate of drug-likeness (QED) is 0.843. The van der Waals surface area contributed by atoms with Crippen molar-refractivity contribution in [3.63, 3.8) is 0 Å². The first-order chi connectivity index (χ1) is 7.09.